The molecule has 0 radical (unpaired) electrons. The first kappa shape index (κ1) is 8.84. The maximum Gasteiger partial charge on any atom is 0.0934 e. The Balaban J connectivity index is 3.92. The molecule has 0 rings (SSSR count). The maximum absolute atomic E-state index is 5.72. The molecule has 6 N–H and O–H groups in total. The number of nitrogens with two attached hydrogens (primary N) is 3. The molecule has 0 aromatic heterocycles. The summed E-state index contributed by atoms with van der Waals surface area (Å²) >= 11 is 0. The highest BCUT2D eigenvalue weighted by Crippen LogP contribution is 1.96. The molecule has 0 saturated heterocycles. The van der Waals surface area contributed by atoms with E-state index in [2.05, 4.69) is 0 Å². The Morgan fingerprint density at radius 3 is 1.56 bits per heavy atom. The lowest BCUT2D eigenvalue weighted by Crippen LogP contribution is -2.62. The standard InChI is InChI=1S/C5H16N4/c1-9(2)5(8,3-6)4-7/h3-4,6-8H2,1-2H3. The summed E-state index contributed by atoms with van der Waals surface area (Å²) in [6.45, 7) is 0.771. The van der Waals surface area contributed by atoms with Gasteiger partial charge in [-0.15, -0.1) is 0 Å². The van der Waals surface area contributed by atoms with Gasteiger partial charge in [0, 0.05) is 13.1 Å². The molecular weight excluding hydrogens is 116 g/mol. The fraction of sp³-hybridized carbons (Fsp3) is 1.00. The van der Waals surface area contributed by atoms with Crippen molar-refractivity contribution < 1.29 is 0 Å². The quantitative estimate of drug-likeness (QED) is 0.393. The summed E-state index contributed by atoms with van der Waals surface area (Å²) in [7, 11) is 3.72. The number of likely N-dealkylation sites (N-methyl/N-ethyl adjacent to an activating group) is 1. The van der Waals surface area contributed by atoms with E-state index in [4.69, 9.17) is 17.2 Å². The van der Waals surface area contributed by atoms with Crippen LogP contribution in [0.3, 0.4) is 0 Å². The second-order valence-electron chi connectivity index (χ2n) is 2.41. The third kappa shape index (κ3) is 1.91. The SMILES string of the molecule is CN(C)C(N)(CN)CN. The van der Waals surface area contributed by atoms with Crippen molar-refractivity contribution in [2.75, 3.05) is 27.2 Å². The second-order valence-corrected chi connectivity index (χ2v) is 2.41. The van der Waals surface area contributed by atoms with Gasteiger partial charge >= 0.3 is 0 Å². The van der Waals surface area contributed by atoms with E-state index in [0.717, 1.165) is 0 Å². The van der Waals surface area contributed by atoms with Crippen LogP contribution < -0.4 is 17.2 Å². The van der Waals surface area contributed by atoms with E-state index < -0.39 is 5.66 Å². The molecule has 0 aliphatic heterocycles. The van der Waals surface area contributed by atoms with Crippen LogP contribution in [0.5, 0.6) is 0 Å². The highest BCUT2D eigenvalue weighted by Gasteiger charge is 2.22. The molecule has 0 aromatic rings. The Labute approximate surface area is 56.0 Å². The zero-order valence-corrected chi connectivity index (χ0v) is 6.09. The minimum absolute atomic E-state index is 0.385. The summed E-state index contributed by atoms with van der Waals surface area (Å²) < 4.78 is 0. The van der Waals surface area contributed by atoms with Gasteiger partial charge in [-0.1, -0.05) is 0 Å². The van der Waals surface area contributed by atoms with Gasteiger partial charge in [0.2, 0.25) is 0 Å². The highest BCUT2D eigenvalue weighted by atomic mass is 15.3. The van der Waals surface area contributed by atoms with E-state index in [0.29, 0.717) is 13.1 Å². The Hall–Kier alpha value is -0.160. The predicted molar refractivity (Wildman–Crippen MR) is 38.7 cm³/mol. The Morgan fingerprint density at radius 2 is 1.56 bits per heavy atom. The molecule has 0 aromatic carbocycles. The largest absolute Gasteiger partial charge is 0.327 e. The van der Waals surface area contributed by atoms with Gasteiger partial charge < -0.3 is 17.2 Å². The van der Waals surface area contributed by atoms with Crippen LogP contribution >= 0.6 is 0 Å². The fourth-order valence-electron chi connectivity index (χ4n) is 0.448. The summed E-state index contributed by atoms with van der Waals surface area (Å²) in [6, 6.07) is 0. The summed E-state index contributed by atoms with van der Waals surface area (Å²) in [4.78, 5) is 1.83. The van der Waals surface area contributed by atoms with Crippen LogP contribution in [-0.4, -0.2) is 37.7 Å². The van der Waals surface area contributed by atoms with Crippen LogP contribution in [0.4, 0.5) is 0 Å². The third-order valence-electron chi connectivity index (χ3n) is 1.60. The van der Waals surface area contributed by atoms with E-state index in [1.165, 1.54) is 0 Å². The smallest absolute Gasteiger partial charge is 0.0934 e. The zero-order valence-electron chi connectivity index (χ0n) is 6.09. The Morgan fingerprint density at radius 1 is 1.22 bits per heavy atom. The normalized spacial score (nSPS) is 12.7. The summed E-state index contributed by atoms with van der Waals surface area (Å²) in [5.74, 6) is 0. The van der Waals surface area contributed by atoms with Crippen LogP contribution in [0, 0.1) is 0 Å². The van der Waals surface area contributed by atoms with Crippen molar-refractivity contribution >= 4 is 0 Å². The summed E-state index contributed by atoms with van der Waals surface area (Å²) in [5, 5.41) is 0. The van der Waals surface area contributed by atoms with Crippen molar-refractivity contribution in [3.8, 4) is 0 Å². The first-order valence-electron chi connectivity index (χ1n) is 2.93. The molecule has 0 heterocycles. The highest BCUT2D eigenvalue weighted by molar-refractivity contribution is 4.82. The van der Waals surface area contributed by atoms with Gasteiger partial charge in [-0.25, -0.2) is 0 Å². The van der Waals surface area contributed by atoms with Crippen LogP contribution in [0.25, 0.3) is 0 Å². The van der Waals surface area contributed by atoms with Crippen molar-refractivity contribution in [1.29, 1.82) is 0 Å². The number of hydrogen-bond donors (Lipinski definition) is 3. The molecule has 0 amide bonds. The van der Waals surface area contributed by atoms with Gasteiger partial charge in [-0.2, -0.15) is 0 Å². The average molecular weight is 132 g/mol. The van der Waals surface area contributed by atoms with Gasteiger partial charge in [-0.3, -0.25) is 4.90 Å². The zero-order chi connectivity index (χ0) is 7.49. The first-order chi connectivity index (χ1) is 4.06. The molecule has 4 nitrogen and oxygen atoms in total. The van der Waals surface area contributed by atoms with Gasteiger partial charge in [-0.05, 0) is 14.1 Å². The minimum Gasteiger partial charge on any atom is -0.327 e. The molecule has 0 aliphatic rings. The molecule has 0 fully saturated rings. The molecule has 0 atom stereocenters. The fourth-order valence-corrected chi connectivity index (χ4v) is 0.448. The molecule has 0 unspecified atom stereocenters. The van der Waals surface area contributed by atoms with Crippen molar-refractivity contribution in [2.24, 2.45) is 17.2 Å². The number of hydrogen-bond acceptors (Lipinski definition) is 4. The molecule has 4 heteroatoms. The molecule has 0 spiro atoms. The Bertz CT molecular complexity index is 77.0. The van der Waals surface area contributed by atoms with Crippen LogP contribution in [0.2, 0.25) is 0 Å². The minimum atomic E-state index is -0.528. The summed E-state index contributed by atoms with van der Waals surface area (Å²) in [6.07, 6.45) is 0. The van der Waals surface area contributed by atoms with Crippen molar-refractivity contribution in [3.05, 3.63) is 0 Å². The molecule has 0 aliphatic carbocycles. The van der Waals surface area contributed by atoms with Gasteiger partial charge in [0.05, 0.1) is 5.66 Å². The van der Waals surface area contributed by atoms with E-state index in [1.54, 1.807) is 0 Å². The predicted octanol–water partition coefficient (Wildman–Crippen LogP) is -1.88. The second kappa shape index (κ2) is 3.12. The van der Waals surface area contributed by atoms with Crippen molar-refractivity contribution in [2.45, 2.75) is 5.66 Å². The van der Waals surface area contributed by atoms with Crippen LogP contribution in [-0.2, 0) is 0 Å². The Kier molecular flexibility index (Phi) is 3.07. The lowest BCUT2D eigenvalue weighted by molar-refractivity contribution is 0.176. The van der Waals surface area contributed by atoms with E-state index >= 15 is 0 Å². The van der Waals surface area contributed by atoms with Crippen molar-refractivity contribution in [1.82, 2.24) is 4.90 Å². The number of rotatable bonds is 3. The first-order valence-corrected chi connectivity index (χ1v) is 2.93. The van der Waals surface area contributed by atoms with Crippen molar-refractivity contribution in [3.63, 3.8) is 0 Å². The average Bonchev–Trinajstić information content (AvgIpc) is 1.86. The molecule has 0 bridgehead atoms. The van der Waals surface area contributed by atoms with E-state index in [-0.39, 0.29) is 0 Å². The van der Waals surface area contributed by atoms with E-state index in [9.17, 15) is 0 Å². The lowest BCUT2D eigenvalue weighted by Gasteiger charge is -2.33. The molecule has 9 heavy (non-hydrogen) atoms. The third-order valence-corrected chi connectivity index (χ3v) is 1.60. The van der Waals surface area contributed by atoms with Gasteiger partial charge in [0.15, 0.2) is 0 Å². The van der Waals surface area contributed by atoms with E-state index in [1.807, 2.05) is 19.0 Å². The van der Waals surface area contributed by atoms with Gasteiger partial charge in [0.1, 0.15) is 0 Å². The summed E-state index contributed by atoms with van der Waals surface area (Å²) in [5.41, 5.74) is 15.9. The molecule has 56 valence electrons. The van der Waals surface area contributed by atoms with Crippen LogP contribution in [0.1, 0.15) is 0 Å². The molecular formula is C5H16N4. The topological polar surface area (TPSA) is 81.3 Å². The monoisotopic (exact) mass is 132 g/mol. The lowest BCUT2D eigenvalue weighted by atomic mass is 10.1. The molecule has 0 saturated carbocycles. The maximum atomic E-state index is 5.72. The van der Waals surface area contributed by atoms with Gasteiger partial charge in [0.25, 0.3) is 0 Å². The van der Waals surface area contributed by atoms with Crippen LogP contribution in [0.15, 0.2) is 0 Å². The number of nitrogens with zero attached hydrogens (tertiary/aromatic N) is 1.